The Morgan fingerprint density at radius 3 is 2.52 bits per heavy atom. The number of amides is 2. The normalized spacial score (nSPS) is 10.8. The molecule has 3 rings (SSSR count). The predicted octanol–water partition coefficient (Wildman–Crippen LogP) is 2.09. The van der Waals surface area contributed by atoms with Crippen molar-refractivity contribution in [3.8, 4) is 11.3 Å². The summed E-state index contributed by atoms with van der Waals surface area (Å²) >= 11 is 0. The average molecular weight is 423 g/mol. The summed E-state index contributed by atoms with van der Waals surface area (Å²) in [6, 6.07) is 11.1. The van der Waals surface area contributed by atoms with Crippen LogP contribution in [0.2, 0.25) is 0 Å². The zero-order chi connectivity index (χ0) is 22.4. The molecule has 9 heteroatoms. The van der Waals surface area contributed by atoms with Gasteiger partial charge in [-0.2, -0.15) is 5.10 Å². The quantitative estimate of drug-likeness (QED) is 0.536. The van der Waals surface area contributed by atoms with Gasteiger partial charge in [-0.3, -0.25) is 9.59 Å². The molecule has 0 atom stereocenters. The maximum atomic E-state index is 12.8. The first-order valence-corrected chi connectivity index (χ1v) is 10.0. The van der Waals surface area contributed by atoms with Crippen molar-refractivity contribution in [1.29, 1.82) is 0 Å². The molecule has 2 heterocycles. The molecule has 3 aromatic rings. The minimum absolute atomic E-state index is 0.0416. The fraction of sp³-hybridized carbons (Fsp3) is 0.318. The second kappa shape index (κ2) is 9.84. The fourth-order valence-electron chi connectivity index (χ4n) is 3.02. The van der Waals surface area contributed by atoms with E-state index < -0.39 is 18.5 Å². The SMILES string of the molecule is CCNC(=O)CNC(=O)COC(=O)c1cc(-c2ccccc2)nc2c1cnn2C(C)C. The lowest BCUT2D eigenvalue weighted by Crippen LogP contribution is -2.38. The van der Waals surface area contributed by atoms with Gasteiger partial charge < -0.3 is 15.4 Å². The number of aromatic nitrogens is 3. The standard InChI is InChI=1S/C22H25N5O4/c1-4-23-19(28)12-24-20(29)13-31-22(30)16-10-18(15-8-6-5-7-9-15)26-21-17(16)11-25-27(21)14(2)3/h5-11,14H,4,12-13H2,1-3H3,(H,23,28)(H,24,29). The summed E-state index contributed by atoms with van der Waals surface area (Å²) in [6.45, 7) is 5.52. The van der Waals surface area contributed by atoms with Gasteiger partial charge in [0.1, 0.15) is 0 Å². The molecule has 0 radical (unpaired) electrons. The van der Waals surface area contributed by atoms with Crippen LogP contribution in [0, 0.1) is 0 Å². The van der Waals surface area contributed by atoms with E-state index in [9.17, 15) is 14.4 Å². The number of nitrogens with zero attached hydrogens (tertiary/aromatic N) is 3. The van der Waals surface area contributed by atoms with Crippen molar-refractivity contribution in [2.75, 3.05) is 19.7 Å². The van der Waals surface area contributed by atoms with Gasteiger partial charge in [0.15, 0.2) is 12.3 Å². The maximum absolute atomic E-state index is 12.8. The number of fused-ring (bicyclic) bond motifs is 1. The number of nitrogens with one attached hydrogen (secondary N) is 2. The molecule has 0 spiro atoms. The molecule has 0 fully saturated rings. The first-order valence-electron chi connectivity index (χ1n) is 10.0. The number of hydrogen-bond donors (Lipinski definition) is 2. The van der Waals surface area contributed by atoms with E-state index in [1.807, 2.05) is 44.2 Å². The molecule has 0 saturated heterocycles. The highest BCUT2D eigenvalue weighted by atomic mass is 16.5. The lowest BCUT2D eigenvalue weighted by molar-refractivity contribution is -0.127. The number of benzene rings is 1. The van der Waals surface area contributed by atoms with Crippen LogP contribution in [0.4, 0.5) is 0 Å². The number of rotatable bonds is 8. The highest BCUT2D eigenvalue weighted by Gasteiger charge is 2.20. The molecular weight excluding hydrogens is 398 g/mol. The van der Waals surface area contributed by atoms with E-state index in [2.05, 4.69) is 15.7 Å². The van der Waals surface area contributed by atoms with Gasteiger partial charge in [0, 0.05) is 18.2 Å². The number of carbonyl (C=O) groups excluding carboxylic acids is 3. The van der Waals surface area contributed by atoms with E-state index in [1.54, 1.807) is 23.9 Å². The van der Waals surface area contributed by atoms with Gasteiger partial charge in [-0.1, -0.05) is 30.3 Å². The molecular formula is C22H25N5O4. The third kappa shape index (κ3) is 5.25. The fourth-order valence-corrected chi connectivity index (χ4v) is 3.02. The van der Waals surface area contributed by atoms with Crippen LogP contribution < -0.4 is 10.6 Å². The van der Waals surface area contributed by atoms with E-state index in [-0.39, 0.29) is 24.1 Å². The van der Waals surface area contributed by atoms with Crippen molar-refractivity contribution in [3.63, 3.8) is 0 Å². The molecule has 31 heavy (non-hydrogen) atoms. The molecule has 2 aromatic heterocycles. The molecule has 0 unspecified atom stereocenters. The second-order valence-corrected chi connectivity index (χ2v) is 7.15. The largest absolute Gasteiger partial charge is 0.452 e. The zero-order valence-corrected chi connectivity index (χ0v) is 17.7. The Hall–Kier alpha value is -3.75. The van der Waals surface area contributed by atoms with Crippen LogP contribution in [-0.4, -0.2) is 52.2 Å². The monoisotopic (exact) mass is 423 g/mol. The number of hydrogen-bond acceptors (Lipinski definition) is 6. The summed E-state index contributed by atoms with van der Waals surface area (Å²) in [5.41, 5.74) is 2.27. The van der Waals surface area contributed by atoms with E-state index >= 15 is 0 Å². The van der Waals surface area contributed by atoms with Crippen molar-refractivity contribution in [2.24, 2.45) is 0 Å². The topological polar surface area (TPSA) is 115 Å². The Morgan fingerprint density at radius 2 is 1.84 bits per heavy atom. The number of pyridine rings is 1. The summed E-state index contributed by atoms with van der Waals surface area (Å²) in [5.74, 6) is -1.54. The van der Waals surface area contributed by atoms with Crippen molar-refractivity contribution >= 4 is 28.8 Å². The van der Waals surface area contributed by atoms with Gasteiger partial charge in [-0.25, -0.2) is 14.5 Å². The van der Waals surface area contributed by atoms with Gasteiger partial charge >= 0.3 is 5.97 Å². The molecule has 2 N–H and O–H groups in total. The van der Waals surface area contributed by atoms with Crippen LogP contribution in [-0.2, 0) is 14.3 Å². The van der Waals surface area contributed by atoms with Crippen LogP contribution in [0.3, 0.4) is 0 Å². The van der Waals surface area contributed by atoms with Gasteiger partial charge in [0.05, 0.1) is 29.4 Å². The third-order valence-electron chi connectivity index (χ3n) is 4.50. The first kappa shape index (κ1) is 21.9. The van der Waals surface area contributed by atoms with Crippen molar-refractivity contribution in [1.82, 2.24) is 25.4 Å². The summed E-state index contributed by atoms with van der Waals surface area (Å²) in [6.07, 6.45) is 1.57. The zero-order valence-electron chi connectivity index (χ0n) is 17.7. The molecule has 0 bridgehead atoms. The first-order chi connectivity index (χ1) is 14.9. The van der Waals surface area contributed by atoms with Crippen LogP contribution in [0.5, 0.6) is 0 Å². The van der Waals surface area contributed by atoms with Crippen molar-refractivity contribution in [2.45, 2.75) is 26.8 Å². The molecule has 2 amide bonds. The summed E-state index contributed by atoms with van der Waals surface area (Å²) < 4.78 is 6.94. The minimum atomic E-state index is -0.666. The van der Waals surface area contributed by atoms with Gasteiger partial charge in [-0.05, 0) is 26.8 Å². The smallest absolute Gasteiger partial charge is 0.339 e. The highest BCUT2D eigenvalue weighted by molar-refractivity contribution is 6.04. The van der Waals surface area contributed by atoms with E-state index in [1.165, 1.54) is 0 Å². The van der Waals surface area contributed by atoms with Crippen LogP contribution in [0.25, 0.3) is 22.3 Å². The predicted molar refractivity (Wildman–Crippen MR) is 115 cm³/mol. The van der Waals surface area contributed by atoms with Gasteiger partial charge in [0.25, 0.3) is 5.91 Å². The molecule has 1 aromatic carbocycles. The molecule has 162 valence electrons. The van der Waals surface area contributed by atoms with Crippen LogP contribution in [0.15, 0.2) is 42.6 Å². The molecule has 0 aliphatic rings. The number of esters is 1. The Balaban J connectivity index is 1.84. The van der Waals surface area contributed by atoms with E-state index in [0.717, 1.165) is 5.56 Å². The number of ether oxygens (including phenoxy) is 1. The van der Waals surface area contributed by atoms with E-state index in [4.69, 9.17) is 9.72 Å². The molecule has 9 nitrogen and oxygen atoms in total. The van der Waals surface area contributed by atoms with Crippen molar-refractivity contribution in [3.05, 3.63) is 48.2 Å². The second-order valence-electron chi connectivity index (χ2n) is 7.15. The Kier molecular flexibility index (Phi) is 6.96. The maximum Gasteiger partial charge on any atom is 0.339 e. The average Bonchev–Trinajstić information content (AvgIpc) is 3.20. The Bertz CT molecular complexity index is 1090. The van der Waals surface area contributed by atoms with E-state index in [0.29, 0.717) is 23.3 Å². The summed E-state index contributed by atoms with van der Waals surface area (Å²) in [5, 5.41) is 9.88. The molecule has 0 saturated carbocycles. The Morgan fingerprint density at radius 1 is 1.10 bits per heavy atom. The Labute approximate surface area is 179 Å². The van der Waals surface area contributed by atoms with Crippen LogP contribution in [0.1, 0.15) is 37.2 Å². The summed E-state index contributed by atoms with van der Waals surface area (Å²) in [7, 11) is 0. The van der Waals surface area contributed by atoms with Gasteiger partial charge in [-0.15, -0.1) is 0 Å². The number of likely N-dealkylation sites (N-methyl/N-ethyl adjacent to an activating group) is 1. The molecule has 0 aliphatic carbocycles. The van der Waals surface area contributed by atoms with Gasteiger partial charge in [0.2, 0.25) is 5.91 Å². The minimum Gasteiger partial charge on any atom is -0.452 e. The number of carbonyl (C=O) groups is 3. The summed E-state index contributed by atoms with van der Waals surface area (Å²) in [4.78, 5) is 40.9. The van der Waals surface area contributed by atoms with Crippen LogP contribution >= 0.6 is 0 Å². The lowest BCUT2D eigenvalue weighted by Gasteiger charge is -2.11. The lowest BCUT2D eigenvalue weighted by atomic mass is 10.1. The van der Waals surface area contributed by atoms with Crippen molar-refractivity contribution < 1.29 is 19.1 Å². The molecule has 0 aliphatic heterocycles. The highest BCUT2D eigenvalue weighted by Crippen LogP contribution is 2.26. The third-order valence-corrected chi connectivity index (χ3v) is 4.50.